The van der Waals surface area contributed by atoms with Crippen LogP contribution in [-0.2, 0) is 0 Å². The fraction of sp³-hybridized carbons (Fsp3) is 0.0667. The summed E-state index contributed by atoms with van der Waals surface area (Å²) >= 11 is 6.25. The maximum absolute atomic E-state index is 6.25. The number of hydrogen-bond donors (Lipinski definition) is 1. The molecule has 0 aliphatic heterocycles. The molecule has 0 atom stereocenters. The number of fused-ring (bicyclic) bond motifs is 1. The molecule has 0 radical (unpaired) electrons. The van der Waals surface area contributed by atoms with Crippen LogP contribution in [0.2, 0.25) is 5.02 Å². The molecule has 0 saturated heterocycles. The number of halogens is 1. The number of nitrogens with zero attached hydrogens (tertiary/aromatic N) is 1. The Morgan fingerprint density at radius 1 is 1.11 bits per heavy atom. The summed E-state index contributed by atoms with van der Waals surface area (Å²) in [5, 5.41) is 1.74. The Balaban J connectivity index is 2.20. The van der Waals surface area contributed by atoms with E-state index in [9.17, 15) is 0 Å². The molecule has 0 aliphatic carbocycles. The smallest absolute Gasteiger partial charge is 0.119 e. The van der Waals surface area contributed by atoms with Crippen molar-refractivity contribution in [1.29, 1.82) is 0 Å². The van der Waals surface area contributed by atoms with Crippen LogP contribution in [0.5, 0.6) is 5.75 Å². The summed E-state index contributed by atoms with van der Waals surface area (Å²) in [6, 6.07) is 13.5. The average Bonchev–Trinajstić information content (AvgIpc) is 2.81. The van der Waals surface area contributed by atoms with Crippen molar-refractivity contribution in [3.8, 4) is 11.4 Å². The van der Waals surface area contributed by atoms with Crippen molar-refractivity contribution in [3.05, 3.63) is 53.7 Å². The topological polar surface area (TPSA) is 40.2 Å². The fourth-order valence-corrected chi connectivity index (χ4v) is 2.46. The first-order valence-corrected chi connectivity index (χ1v) is 6.27. The SMILES string of the molecule is COc1ccc2c(ccn2-c2ccc(N)cc2Cl)c1. The van der Waals surface area contributed by atoms with Crippen molar-refractivity contribution in [1.82, 2.24) is 4.57 Å². The van der Waals surface area contributed by atoms with Crippen LogP contribution in [0.3, 0.4) is 0 Å². The largest absolute Gasteiger partial charge is 0.497 e. The Labute approximate surface area is 116 Å². The van der Waals surface area contributed by atoms with Crippen molar-refractivity contribution in [2.45, 2.75) is 0 Å². The highest BCUT2D eigenvalue weighted by Crippen LogP contribution is 2.29. The van der Waals surface area contributed by atoms with Crippen molar-refractivity contribution in [2.24, 2.45) is 0 Å². The molecule has 19 heavy (non-hydrogen) atoms. The van der Waals surface area contributed by atoms with Gasteiger partial charge < -0.3 is 15.0 Å². The number of nitrogens with two attached hydrogens (primary N) is 1. The minimum absolute atomic E-state index is 0.633. The van der Waals surface area contributed by atoms with Gasteiger partial charge in [0.1, 0.15) is 5.75 Å². The fourth-order valence-electron chi connectivity index (χ4n) is 2.18. The van der Waals surface area contributed by atoms with E-state index < -0.39 is 0 Å². The number of aromatic nitrogens is 1. The highest BCUT2D eigenvalue weighted by atomic mass is 35.5. The van der Waals surface area contributed by atoms with Crippen LogP contribution in [-0.4, -0.2) is 11.7 Å². The molecule has 4 heteroatoms. The molecule has 0 fully saturated rings. The van der Waals surface area contributed by atoms with E-state index in [1.165, 1.54) is 0 Å². The Kier molecular flexibility index (Phi) is 2.84. The first kappa shape index (κ1) is 11.9. The minimum atomic E-state index is 0.633. The van der Waals surface area contributed by atoms with Crippen molar-refractivity contribution < 1.29 is 4.74 Å². The van der Waals surface area contributed by atoms with E-state index in [2.05, 4.69) is 0 Å². The predicted octanol–water partition coefficient (Wildman–Crippen LogP) is 3.87. The lowest BCUT2D eigenvalue weighted by molar-refractivity contribution is 0.415. The molecule has 0 spiro atoms. The molecule has 2 aromatic carbocycles. The lowest BCUT2D eigenvalue weighted by atomic mass is 10.2. The molecule has 0 unspecified atom stereocenters. The van der Waals surface area contributed by atoms with Crippen molar-refractivity contribution in [2.75, 3.05) is 12.8 Å². The number of hydrogen-bond acceptors (Lipinski definition) is 2. The first-order chi connectivity index (χ1) is 9.19. The summed E-state index contributed by atoms with van der Waals surface area (Å²) in [7, 11) is 1.66. The van der Waals surface area contributed by atoms with Gasteiger partial charge in [-0.25, -0.2) is 0 Å². The van der Waals surface area contributed by atoms with Crippen LogP contribution >= 0.6 is 11.6 Å². The lowest BCUT2D eigenvalue weighted by Crippen LogP contribution is -1.94. The summed E-state index contributed by atoms with van der Waals surface area (Å²) in [5.41, 5.74) is 8.37. The van der Waals surface area contributed by atoms with Crippen LogP contribution in [0.4, 0.5) is 5.69 Å². The molecule has 3 rings (SSSR count). The van der Waals surface area contributed by atoms with Gasteiger partial charge in [-0.1, -0.05) is 11.6 Å². The normalized spacial score (nSPS) is 10.8. The summed E-state index contributed by atoms with van der Waals surface area (Å²) in [6.45, 7) is 0. The highest BCUT2D eigenvalue weighted by Gasteiger charge is 2.07. The molecule has 1 heterocycles. The molecule has 0 aliphatic rings. The number of benzene rings is 2. The number of ether oxygens (including phenoxy) is 1. The molecule has 0 bridgehead atoms. The van der Waals surface area contributed by atoms with E-state index >= 15 is 0 Å². The zero-order valence-electron chi connectivity index (χ0n) is 10.4. The van der Waals surface area contributed by atoms with E-state index in [1.807, 2.05) is 47.2 Å². The Bertz CT molecular complexity index is 749. The molecule has 96 valence electrons. The first-order valence-electron chi connectivity index (χ1n) is 5.89. The number of anilines is 1. The van der Waals surface area contributed by atoms with Crippen LogP contribution < -0.4 is 10.5 Å². The summed E-state index contributed by atoms with van der Waals surface area (Å²) in [4.78, 5) is 0. The molecular formula is C15H13ClN2O. The summed E-state index contributed by atoms with van der Waals surface area (Å²) in [5.74, 6) is 0.841. The van der Waals surface area contributed by atoms with Gasteiger partial charge in [-0.15, -0.1) is 0 Å². The van der Waals surface area contributed by atoms with Gasteiger partial charge >= 0.3 is 0 Å². The lowest BCUT2D eigenvalue weighted by Gasteiger charge is -2.09. The van der Waals surface area contributed by atoms with Gasteiger partial charge in [0.25, 0.3) is 0 Å². The van der Waals surface area contributed by atoms with Crippen LogP contribution in [0.1, 0.15) is 0 Å². The van der Waals surface area contributed by atoms with E-state index in [0.717, 1.165) is 22.3 Å². The van der Waals surface area contributed by atoms with E-state index in [-0.39, 0.29) is 0 Å². The number of rotatable bonds is 2. The molecule has 0 saturated carbocycles. The van der Waals surface area contributed by atoms with Gasteiger partial charge in [0.2, 0.25) is 0 Å². The van der Waals surface area contributed by atoms with Gasteiger partial charge in [0, 0.05) is 17.3 Å². The van der Waals surface area contributed by atoms with E-state index in [1.54, 1.807) is 13.2 Å². The third-order valence-electron chi connectivity index (χ3n) is 3.13. The summed E-state index contributed by atoms with van der Waals surface area (Å²) in [6.07, 6.45) is 1.99. The van der Waals surface area contributed by atoms with Crippen molar-refractivity contribution in [3.63, 3.8) is 0 Å². The third kappa shape index (κ3) is 2.02. The van der Waals surface area contributed by atoms with Crippen LogP contribution in [0.15, 0.2) is 48.7 Å². The van der Waals surface area contributed by atoms with E-state index in [0.29, 0.717) is 10.7 Å². The van der Waals surface area contributed by atoms with Gasteiger partial charge in [-0.2, -0.15) is 0 Å². The second-order valence-electron chi connectivity index (χ2n) is 4.32. The second kappa shape index (κ2) is 4.52. The van der Waals surface area contributed by atoms with Gasteiger partial charge in [0.05, 0.1) is 23.3 Å². The Morgan fingerprint density at radius 2 is 1.95 bits per heavy atom. The zero-order chi connectivity index (χ0) is 13.4. The van der Waals surface area contributed by atoms with Gasteiger partial charge in [-0.05, 0) is 42.5 Å². The zero-order valence-corrected chi connectivity index (χ0v) is 11.2. The maximum Gasteiger partial charge on any atom is 0.119 e. The maximum atomic E-state index is 6.25. The van der Waals surface area contributed by atoms with E-state index in [4.69, 9.17) is 22.1 Å². The molecule has 3 aromatic rings. The van der Waals surface area contributed by atoms with Gasteiger partial charge in [-0.3, -0.25) is 0 Å². The number of nitrogen functional groups attached to an aromatic ring is 1. The monoisotopic (exact) mass is 272 g/mol. The van der Waals surface area contributed by atoms with Gasteiger partial charge in [0.15, 0.2) is 0 Å². The molecule has 1 aromatic heterocycles. The van der Waals surface area contributed by atoms with Crippen LogP contribution in [0.25, 0.3) is 16.6 Å². The minimum Gasteiger partial charge on any atom is -0.497 e. The predicted molar refractivity (Wildman–Crippen MR) is 79.2 cm³/mol. The molecule has 3 nitrogen and oxygen atoms in total. The average molecular weight is 273 g/mol. The Hall–Kier alpha value is -2.13. The number of methoxy groups -OCH3 is 1. The highest BCUT2D eigenvalue weighted by molar-refractivity contribution is 6.32. The second-order valence-corrected chi connectivity index (χ2v) is 4.73. The Morgan fingerprint density at radius 3 is 2.68 bits per heavy atom. The standard InChI is InChI=1S/C15H13ClN2O/c1-19-12-3-5-14-10(8-12)6-7-18(14)15-4-2-11(17)9-13(15)16/h2-9H,17H2,1H3. The molecule has 0 amide bonds. The summed E-state index contributed by atoms with van der Waals surface area (Å²) < 4.78 is 7.26. The molecule has 2 N–H and O–H groups in total. The quantitative estimate of drug-likeness (QED) is 0.719. The third-order valence-corrected chi connectivity index (χ3v) is 3.43. The van der Waals surface area contributed by atoms with Crippen molar-refractivity contribution >= 4 is 28.2 Å². The molecular weight excluding hydrogens is 260 g/mol. The van der Waals surface area contributed by atoms with Crippen LogP contribution in [0, 0.1) is 0 Å².